The molecule has 1 atom stereocenters. The average molecular weight is 333 g/mol. The van der Waals surface area contributed by atoms with E-state index in [9.17, 15) is 9.59 Å². The molecule has 0 aliphatic rings. The Labute approximate surface area is 125 Å². The van der Waals surface area contributed by atoms with Gasteiger partial charge < -0.3 is 4.74 Å². The molecule has 0 aliphatic carbocycles. The van der Waals surface area contributed by atoms with Crippen molar-refractivity contribution in [1.82, 2.24) is 0 Å². The monoisotopic (exact) mass is 332 g/mol. The van der Waals surface area contributed by atoms with Gasteiger partial charge in [0, 0.05) is 10.0 Å². The van der Waals surface area contributed by atoms with Crippen molar-refractivity contribution in [3.63, 3.8) is 0 Å². The predicted octanol–water partition coefficient (Wildman–Crippen LogP) is 3.88. The van der Waals surface area contributed by atoms with Gasteiger partial charge in [-0.15, -0.1) is 0 Å². The lowest BCUT2D eigenvalue weighted by Crippen LogP contribution is -2.24. The van der Waals surface area contributed by atoms with Crippen LogP contribution in [0, 0.1) is 0 Å². The zero-order valence-corrected chi connectivity index (χ0v) is 12.5. The highest BCUT2D eigenvalue weighted by molar-refractivity contribution is 9.10. The largest absolute Gasteiger partial charge is 0.451 e. The molecule has 0 aliphatic heterocycles. The minimum absolute atomic E-state index is 0.212. The Balaban J connectivity index is 2.04. The topological polar surface area (TPSA) is 43.4 Å². The number of hydrogen-bond donors (Lipinski definition) is 0. The Morgan fingerprint density at radius 1 is 0.950 bits per heavy atom. The van der Waals surface area contributed by atoms with Crippen molar-refractivity contribution in [2.24, 2.45) is 0 Å². The number of esters is 1. The fourth-order valence-corrected chi connectivity index (χ4v) is 1.97. The molecule has 0 fully saturated rings. The van der Waals surface area contributed by atoms with Crippen molar-refractivity contribution >= 4 is 27.7 Å². The van der Waals surface area contributed by atoms with Crippen LogP contribution in [0.1, 0.15) is 27.6 Å². The maximum atomic E-state index is 12.1. The maximum absolute atomic E-state index is 12.1. The first-order valence-electron chi connectivity index (χ1n) is 6.14. The summed E-state index contributed by atoms with van der Waals surface area (Å²) in [6.07, 6.45) is -0.812. The van der Waals surface area contributed by atoms with Crippen LogP contribution < -0.4 is 0 Å². The Hall–Kier alpha value is -1.94. The fraction of sp³-hybridized carbons (Fsp3) is 0.125. The van der Waals surface area contributed by atoms with E-state index in [1.807, 2.05) is 6.07 Å². The lowest BCUT2D eigenvalue weighted by atomic mass is 10.1. The van der Waals surface area contributed by atoms with E-state index in [0.29, 0.717) is 11.1 Å². The summed E-state index contributed by atoms with van der Waals surface area (Å²) in [5, 5.41) is 0. The first-order chi connectivity index (χ1) is 9.58. The van der Waals surface area contributed by atoms with Gasteiger partial charge in [-0.3, -0.25) is 4.79 Å². The molecular weight excluding hydrogens is 320 g/mol. The van der Waals surface area contributed by atoms with Crippen LogP contribution in [-0.4, -0.2) is 17.9 Å². The van der Waals surface area contributed by atoms with Crippen LogP contribution in [0.25, 0.3) is 0 Å². The van der Waals surface area contributed by atoms with E-state index in [2.05, 4.69) is 15.9 Å². The molecule has 20 heavy (non-hydrogen) atoms. The number of hydrogen-bond acceptors (Lipinski definition) is 3. The van der Waals surface area contributed by atoms with Crippen molar-refractivity contribution < 1.29 is 14.3 Å². The van der Waals surface area contributed by atoms with E-state index in [4.69, 9.17) is 4.74 Å². The summed E-state index contributed by atoms with van der Waals surface area (Å²) in [6, 6.07) is 15.6. The molecule has 2 aromatic carbocycles. The lowest BCUT2D eigenvalue weighted by Gasteiger charge is -2.12. The summed E-state index contributed by atoms with van der Waals surface area (Å²) in [5.41, 5.74) is 0.949. The molecule has 4 heteroatoms. The van der Waals surface area contributed by atoms with E-state index in [-0.39, 0.29) is 5.78 Å². The minimum Gasteiger partial charge on any atom is -0.451 e. The fourth-order valence-electron chi connectivity index (χ4n) is 1.71. The van der Waals surface area contributed by atoms with Crippen LogP contribution in [0.4, 0.5) is 0 Å². The Kier molecular flexibility index (Phi) is 4.69. The first-order valence-corrected chi connectivity index (χ1v) is 6.93. The number of Topliss-reactive ketones (excluding diaryl/α,β-unsaturated/α-hetero) is 1. The average Bonchev–Trinajstić information content (AvgIpc) is 2.48. The zero-order valence-electron chi connectivity index (χ0n) is 10.9. The van der Waals surface area contributed by atoms with Gasteiger partial charge in [0.05, 0.1) is 5.56 Å². The smallest absolute Gasteiger partial charge is 0.338 e. The lowest BCUT2D eigenvalue weighted by molar-refractivity contribution is 0.0319. The van der Waals surface area contributed by atoms with Gasteiger partial charge in [-0.05, 0) is 31.2 Å². The van der Waals surface area contributed by atoms with Crippen LogP contribution in [0.15, 0.2) is 59.1 Å². The van der Waals surface area contributed by atoms with Crippen LogP contribution in [0.3, 0.4) is 0 Å². The van der Waals surface area contributed by atoms with Crippen LogP contribution in [0.2, 0.25) is 0 Å². The summed E-state index contributed by atoms with van der Waals surface area (Å²) >= 11 is 3.29. The third-order valence-electron chi connectivity index (χ3n) is 2.79. The molecule has 0 bridgehead atoms. The van der Waals surface area contributed by atoms with Gasteiger partial charge in [0.25, 0.3) is 0 Å². The first kappa shape index (κ1) is 14.5. The molecule has 0 aromatic heterocycles. The standard InChI is InChI=1S/C16H13BrO3/c1-11(15(18)12-5-3-2-4-6-12)20-16(19)13-7-9-14(17)10-8-13/h2-11H,1H3/t11-/m1/s1. The number of ether oxygens (including phenoxy) is 1. The summed E-state index contributed by atoms with van der Waals surface area (Å²) in [6.45, 7) is 1.58. The minimum atomic E-state index is -0.812. The molecule has 0 unspecified atom stereocenters. The highest BCUT2D eigenvalue weighted by Crippen LogP contribution is 2.13. The number of benzene rings is 2. The van der Waals surface area contributed by atoms with Crippen LogP contribution in [-0.2, 0) is 4.74 Å². The quantitative estimate of drug-likeness (QED) is 0.630. The molecule has 0 amide bonds. The normalized spacial score (nSPS) is 11.7. The molecule has 0 N–H and O–H groups in total. The highest BCUT2D eigenvalue weighted by Gasteiger charge is 2.20. The second-order valence-corrected chi connectivity index (χ2v) is 5.20. The van der Waals surface area contributed by atoms with E-state index >= 15 is 0 Å². The molecule has 0 saturated heterocycles. The molecule has 2 aromatic rings. The molecule has 0 saturated carbocycles. The van der Waals surface area contributed by atoms with Crippen LogP contribution >= 0.6 is 15.9 Å². The molecule has 2 rings (SSSR count). The summed E-state index contributed by atoms with van der Waals surface area (Å²) in [4.78, 5) is 24.0. The number of rotatable bonds is 4. The number of carbonyl (C=O) groups is 2. The third-order valence-corrected chi connectivity index (χ3v) is 3.32. The molecule has 3 nitrogen and oxygen atoms in total. The van der Waals surface area contributed by atoms with Gasteiger partial charge in [0.15, 0.2) is 6.10 Å². The summed E-state index contributed by atoms with van der Waals surface area (Å²) < 4.78 is 6.07. The summed E-state index contributed by atoms with van der Waals surface area (Å²) in [5.74, 6) is -0.717. The van der Waals surface area contributed by atoms with E-state index < -0.39 is 12.1 Å². The predicted molar refractivity (Wildman–Crippen MR) is 79.8 cm³/mol. The van der Waals surface area contributed by atoms with Gasteiger partial charge in [-0.25, -0.2) is 4.79 Å². The van der Waals surface area contributed by atoms with E-state index in [1.165, 1.54) is 0 Å². The SMILES string of the molecule is C[C@@H](OC(=O)c1ccc(Br)cc1)C(=O)c1ccccc1. The van der Waals surface area contributed by atoms with Crippen molar-refractivity contribution in [3.8, 4) is 0 Å². The van der Waals surface area contributed by atoms with Gasteiger partial charge in [0.1, 0.15) is 0 Å². The van der Waals surface area contributed by atoms with Gasteiger partial charge in [0.2, 0.25) is 5.78 Å². The molecular formula is C16H13BrO3. The van der Waals surface area contributed by atoms with Crippen molar-refractivity contribution in [1.29, 1.82) is 0 Å². The van der Waals surface area contributed by atoms with Crippen molar-refractivity contribution in [2.75, 3.05) is 0 Å². The van der Waals surface area contributed by atoms with Crippen LogP contribution in [0.5, 0.6) is 0 Å². The molecule has 0 radical (unpaired) electrons. The second-order valence-electron chi connectivity index (χ2n) is 4.28. The number of carbonyl (C=O) groups excluding carboxylic acids is 2. The third kappa shape index (κ3) is 3.54. The molecule has 102 valence electrons. The Morgan fingerprint density at radius 3 is 2.15 bits per heavy atom. The zero-order chi connectivity index (χ0) is 14.5. The Morgan fingerprint density at radius 2 is 1.55 bits per heavy atom. The van der Waals surface area contributed by atoms with E-state index in [0.717, 1.165) is 4.47 Å². The number of ketones is 1. The van der Waals surface area contributed by atoms with Crippen molar-refractivity contribution in [2.45, 2.75) is 13.0 Å². The van der Waals surface area contributed by atoms with Gasteiger partial charge >= 0.3 is 5.97 Å². The Bertz CT molecular complexity index is 605. The highest BCUT2D eigenvalue weighted by atomic mass is 79.9. The molecule has 0 heterocycles. The van der Waals surface area contributed by atoms with Gasteiger partial charge in [-0.1, -0.05) is 46.3 Å². The number of halogens is 1. The summed E-state index contributed by atoms with van der Waals surface area (Å²) in [7, 11) is 0. The van der Waals surface area contributed by atoms with Crippen molar-refractivity contribution in [3.05, 3.63) is 70.2 Å². The van der Waals surface area contributed by atoms with Gasteiger partial charge in [-0.2, -0.15) is 0 Å². The van der Waals surface area contributed by atoms with E-state index in [1.54, 1.807) is 55.5 Å². The maximum Gasteiger partial charge on any atom is 0.338 e. The molecule has 0 spiro atoms. The second kappa shape index (κ2) is 6.48.